The van der Waals surface area contributed by atoms with Crippen LogP contribution in [0.25, 0.3) is 0 Å². The second-order valence-electron chi connectivity index (χ2n) is 5.27. The molecule has 0 saturated heterocycles. The molecule has 1 N–H and O–H groups in total. The van der Waals surface area contributed by atoms with E-state index in [1.165, 1.54) is 0 Å². The molecule has 2 rings (SSSR count). The van der Waals surface area contributed by atoms with Crippen molar-refractivity contribution in [2.45, 2.75) is 45.1 Å². The zero-order chi connectivity index (χ0) is 13.8. The number of carbonyl (C=O) groups excluding carboxylic acids is 1. The van der Waals surface area contributed by atoms with E-state index in [1.54, 1.807) is 18.9 Å². The quantitative estimate of drug-likeness (QED) is 0.795. The smallest absolute Gasteiger partial charge is 0.226 e. The van der Waals surface area contributed by atoms with Crippen LogP contribution in [0.3, 0.4) is 0 Å². The second kappa shape index (κ2) is 6.14. The lowest BCUT2D eigenvalue weighted by molar-refractivity contribution is -0.131. The van der Waals surface area contributed by atoms with Crippen LogP contribution in [0.15, 0.2) is 4.52 Å². The van der Waals surface area contributed by atoms with Gasteiger partial charge in [-0.3, -0.25) is 4.79 Å². The average Bonchev–Trinajstić information content (AvgIpc) is 3.13. The summed E-state index contributed by atoms with van der Waals surface area (Å²) in [6.07, 6.45) is 3.54. The number of likely N-dealkylation sites (N-methyl/N-ethyl adjacent to an activating group) is 1. The van der Waals surface area contributed by atoms with Crippen LogP contribution in [-0.4, -0.2) is 45.8 Å². The van der Waals surface area contributed by atoms with Gasteiger partial charge in [-0.05, 0) is 32.1 Å². The summed E-state index contributed by atoms with van der Waals surface area (Å²) in [5, 5.41) is 13.5. The van der Waals surface area contributed by atoms with Crippen LogP contribution in [0, 0.1) is 12.8 Å². The highest BCUT2D eigenvalue weighted by Gasteiger charge is 2.30. The topological polar surface area (TPSA) is 79.5 Å². The van der Waals surface area contributed by atoms with Gasteiger partial charge in [0.2, 0.25) is 11.8 Å². The van der Waals surface area contributed by atoms with E-state index in [4.69, 9.17) is 4.52 Å². The lowest BCUT2D eigenvalue weighted by Crippen LogP contribution is -2.35. The molecular weight excluding hydrogens is 246 g/mol. The highest BCUT2D eigenvalue weighted by atomic mass is 16.5. The fourth-order valence-electron chi connectivity index (χ4n) is 2.04. The molecule has 1 unspecified atom stereocenters. The summed E-state index contributed by atoms with van der Waals surface area (Å²) < 4.78 is 4.98. The molecule has 1 saturated carbocycles. The lowest BCUT2D eigenvalue weighted by Gasteiger charge is -2.20. The van der Waals surface area contributed by atoms with Crippen molar-refractivity contribution in [3.8, 4) is 0 Å². The number of nitrogens with zero attached hydrogens (tertiary/aromatic N) is 3. The molecule has 1 fully saturated rings. The minimum Gasteiger partial charge on any atom is -0.391 e. The maximum atomic E-state index is 11.9. The third-order valence-corrected chi connectivity index (χ3v) is 3.40. The number of aliphatic hydroxyl groups excluding tert-OH is 1. The predicted molar refractivity (Wildman–Crippen MR) is 68.3 cm³/mol. The molecule has 1 aromatic heterocycles. The van der Waals surface area contributed by atoms with Gasteiger partial charge in [0.15, 0.2) is 5.82 Å². The van der Waals surface area contributed by atoms with Gasteiger partial charge in [-0.25, -0.2) is 0 Å². The van der Waals surface area contributed by atoms with Crippen LogP contribution < -0.4 is 0 Å². The molecule has 1 aliphatic carbocycles. The molecule has 6 nitrogen and oxygen atoms in total. The van der Waals surface area contributed by atoms with Gasteiger partial charge in [0.25, 0.3) is 0 Å². The van der Waals surface area contributed by atoms with E-state index < -0.39 is 0 Å². The number of aryl methyl sites for hydroxylation is 2. The summed E-state index contributed by atoms with van der Waals surface area (Å²) in [4.78, 5) is 17.6. The van der Waals surface area contributed by atoms with Gasteiger partial charge in [0, 0.05) is 26.4 Å². The van der Waals surface area contributed by atoms with Crippen molar-refractivity contribution < 1.29 is 14.4 Å². The fraction of sp³-hybridized carbons (Fsp3) is 0.769. The minimum absolute atomic E-state index is 0.0518. The molecule has 0 spiro atoms. The molecule has 0 aromatic carbocycles. The Morgan fingerprint density at radius 3 is 2.89 bits per heavy atom. The third kappa shape index (κ3) is 4.31. The first-order valence-corrected chi connectivity index (χ1v) is 6.77. The van der Waals surface area contributed by atoms with E-state index in [2.05, 4.69) is 10.1 Å². The molecule has 0 bridgehead atoms. The van der Waals surface area contributed by atoms with Gasteiger partial charge < -0.3 is 14.5 Å². The highest BCUT2D eigenvalue weighted by molar-refractivity contribution is 5.75. The largest absolute Gasteiger partial charge is 0.391 e. The number of hydrogen-bond acceptors (Lipinski definition) is 5. The van der Waals surface area contributed by atoms with Crippen LogP contribution in [0.4, 0.5) is 0 Å². The Kier molecular flexibility index (Phi) is 4.52. The van der Waals surface area contributed by atoms with Crippen molar-refractivity contribution in [2.75, 3.05) is 13.6 Å². The van der Waals surface area contributed by atoms with Crippen LogP contribution in [0.1, 0.15) is 37.4 Å². The number of hydrogen-bond donors (Lipinski definition) is 1. The molecular formula is C13H21N3O3. The van der Waals surface area contributed by atoms with Crippen molar-refractivity contribution in [1.29, 1.82) is 0 Å². The maximum Gasteiger partial charge on any atom is 0.226 e. The summed E-state index contributed by atoms with van der Waals surface area (Å²) in [5.74, 6) is 1.64. The fourth-order valence-corrected chi connectivity index (χ4v) is 2.04. The Bertz CT molecular complexity index is 429. The highest BCUT2D eigenvalue weighted by Crippen LogP contribution is 2.32. The Morgan fingerprint density at radius 1 is 1.58 bits per heavy atom. The first kappa shape index (κ1) is 14.0. The number of aromatic nitrogens is 2. The summed E-state index contributed by atoms with van der Waals surface area (Å²) in [6.45, 7) is 2.20. The van der Waals surface area contributed by atoms with E-state index in [1.807, 2.05) is 0 Å². The van der Waals surface area contributed by atoms with Crippen LogP contribution in [0.5, 0.6) is 0 Å². The monoisotopic (exact) mass is 267 g/mol. The number of aliphatic hydroxyl groups is 1. The summed E-state index contributed by atoms with van der Waals surface area (Å²) in [6, 6.07) is 0. The molecule has 1 aliphatic rings. The Morgan fingerprint density at radius 2 is 2.32 bits per heavy atom. The van der Waals surface area contributed by atoms with Crippen molar-refractivity contribution in [1.82, 2.24) is 15.0 Å². The van der Waals surface area contributed by atoms with Gasteiger partial charge in [-0.2, -0.15) is 4.98 Å². The first-order chi connectivity index (χ1) is 9.06. The summed E-state index contributed by atoms with van der Waals surface area (Å²) in [5.41, 5.74) is 0. The Balaban J connectivity index is 1.65. The third-order valence-electron chi connectivity index (χ3n) is 3.40. The van der Waals surface area contributed by atoms with Crippen molar-refractivity contribution >= 4 is 5.91 Å². The van der Waals surface area contributed by atoms with Gasteiger partial charge >= 0.3 is 0 Å². The molecule has 6 heteroatoms. The molecule has 1 atom stereocenters. The number of carbonyl (C=O) groups is 1. The minimum atomic E-state index is -0.368. The Labute approximate surface area is 112 Å². The lowest BCUT2D eigenvalue weighted by atomic mass is 10.2. The molecule has 1 heterocycles. The number of amides is 1. The molecule has 1 aromatic rings. The SMILES string of the molecule is Cc1noc(CCCC(=O)N(C)CC(O)C2CC2)n1. The van der Waals surface area contributed by atoms with Gasteiger partial charge in [-0.1, -0.05) is 5.16 Å². The van der Waals surface area contributed by atoms with Crippen LogP contribution in [0.2, 0.25) is 0 Å². The summed E-state index contributed by atoms with van der Waals surface area (Å²) in [7, 11) is 1.74. The van der Waals surface area contributed by atoms with E-state index >= 15 is 0 Å². The van der Waals surface area contributed by atoms with E-state index in [9.17, 15) is 9.90 Å². The standard InChI is InChI=1S/C13H21N3O3/c1-9-14-12(19-15-9)4-3-5-13(18)16(2)8-11(17)10-6-7-10/h10-11,17H,3-8H2,1-2H3. The van der Waals surface area contributed by atoms with Crippen LogP contribution >= 0.6 is 0 Å². The average molecular weight is 267 g/mol. The van der Waals surface area contributed by atoms with Crippen LogP contribution in [-0.2, 0) is 11.2 Å². The van der Waals surface area contributed by atoms with Gasteiger partial charge in [0.05, 0.1) is 6.10 Å². The molecule has 19 heavy (non-hydrogen) atoms. The van der Waals surface area contributed by atoms with E-state index in [-0.39, 0.29) is 12.0 Å². The Hall–Kier alpha value is -1.43. The molecule has 0 aliphatic heterocycles. The van der Waals surface area contributed by atoms with Crippen molar-refractivity contribution in [3.63, 3.8) is 0 Å². The van der Waals surface area contributed by atoms with Gasteiger partial charge in [0.1, 0.15) is 0 Å². The molecule has 1 amide bonds. The zero-order valence-corrected chi connectivity index (χ0v) is 11.5. The maximum absolute atomic E-state index is 11.9. The van der Waals surface area contributed by atoms with Crippen molar-refractivity contribution in [3.05, 3.63) is 11.7 Å². The van der Waals surface area contributed by atoms with Gasteiger partial charge in [-0.15, -0.1) is 0 Å². The zero-order valence-electron chi connectivity index (χ0n) is 11.5. The number of rotatable bonds is 7. The second-order valence-corrected chi connectivity index (χ2v) is 5.27. The molecule has 0 radical (unpaired) electrons. The summed E-state index contributed by atoms with van der Waals surface area (Å²) >= 11 is 0. The predicted octanol–water partition coefficient (Wildman–Crippen LogP) is 0.930. The molecule has 106 valence electrons. The van der Waals surface area contributed by atoms with E-state index in [0.29, 0.717) is 43.4 Å². The first-order valence-electron chi connectivity index (χ1n) is 6.77. The van der Waals surface area contributed by atoms with E-state index in [0.717, 1.165) is 12.8 Å². The normalized spacial score (nSPS) is 16.4. The van der Waals surface area contributed by atoms with Crippen molar-refractivity contribution in [2.24, 2.45) is 5.92 Å².